The van der Waals surface area contributed by atoms with Crippen LogP contribution in [0.2, 0.25) is 0 Å². The number of halogens is 4. The van der Waals surface area contributed by atoms with Crippen molar-refractivity contribution in [2.24, 2.45) is 0 Å². The standard InChI is InChI=1S/C22H18F4N4O3/c1-13-12-18(31)19(29-30(13)17-5-3-2-4-16(17)23)21(33)28-11-10-27-20(32)14-6-8-15(9-7-14)22(24,25)26/h2-9,12H,10-11H2,1H3,(H,27,32)(H,28,33). The van der Waals surface area contributed by atoms with Crippen molar-refractivity contribution in [1.29, 1.82) is 0 Å². The number of hydrogen-bond donors (Lipinski definition) is 2. The highest BCUT2D eigenvalue weighted by atomic mass is 19.4. The highest BCUT2D eigenvalue weighted by Crippen LogP contribution is 2.29. The minimum atomic E-state index is -4.51. The van der Waals surface area contributed by atoms with E-state index >= 15 is 0 Å². The topological polar surface area (TPSA) is 93.1 Å². The second-order valence-corrected chi connectivity index (χ2v) is 6.95. The number of benzene rings is 2. The number of aryl methyl sites for hydroxylation is 1. The number of rotatable bonds is 6. The lowest BCUT2D eigenvalue weighted by Gasteiger charge is -2.12. The Labute approximate surface area is 185 Å². The lowest BCUT2D eigenvalue weighted by Crippen LogP contribution is -2.37. The molecule has 2 aromatic carbocycles. The molecule has 1 aromatic heterocycles. The summed E-state index contributed by atoms with van der Waals surface area (Å²) in [6, 6.07) is 10.5. The lowest BCUT2D eigenvalue weighted by molar-refractivity contribution is -0.137. The van der Waals surface area contributed by atoms with E-state index in [0.29, 0.717) is 5.69 Å². The van der Waals surface area contributed by atoms with E-state index in [-0.39, 0.29) is 24.3 Å². The number of alkyl halides is 3. The van der Waals surface area contributed by atoms with Crippen molar-refractivity contribution in [1.82, 2.24) is 20.4 Å². The average Bonchev–Trinajstić information content (AvgIpc) is 2.76. The average molecular weight is 462 g/mol. The normalized spacial score (nSPS) is 11.2. The molecule has 0 radical (unpaired) electrons. The summed E-state index contributed by atoms with van der Waals surface area (Å²) >= 11 is 0. The van der Waals surface area contributed by atoms with Crippen LogP contribution in [-0.4, -0.2) is 34.7 Å². The van der Waals surface area contributed by atoms with Gasteiger partial charge in [0.25, 0.3) is 11.8 Å². The Morgan fingerprint density at radius 2 is 1.58 bits per heavy atom. The van der Waals surface area contributed by atoms with Crippen LogP contribution >= 0.6 is 0 Å². The first-order chi connectivity index (χ1) is 15.6. The molecule has 0 unspecified atom stereocenters. The van der Waals surface area contributed by atoms with Crippen LogP contribution in [-0.2, 0) is 6.18 Å². The number of aromatic nitrogens is 2. The fourth-order valence-corrected chi connectivity index (χ4v) is 2.92. The van der Waals surface area contributed by atoms with Crippen LogP contribution in [0.4, 0.5) is 17.6 Å². The van der Waals surface area contributed by atoms with Crippen molar-refractivity contribution >= 4 is 11.8 Å². The number of carbonyl (C=O) groups excluding carboxylic acids is 2. The molecule has 0 aliphatic heterocycles. The minimum absolute atomic E-state index is 0.0160. The van der Waals surface area contributed by atoms with E-state index in [0.717, 1.165) is 35.0 Å². The smallest absolute Gasteiger partial charge is 0.350 e. The van der Waals surface area contributed by atoms with Crippen LogP contribution in [0.5, 0.6) is 0 Å². The molecule has 1 heterocycles. The van der Waals surface area contributed by atoms with Gasteiger partial charge in [0, 0.05) is 30.4 Å². The van der Waals surface area contributed by atoms with E-state index in [2.05, 4.69) is 15.7 Å². The predicted molar refractivity (Wildman–Crippen MR) is 111 cm³/mol. The van der Waals surface area contributed by atoms with Gasteiger partial charge >= 0.3 is 6.18 Å². The van der Waals surface area contributed by atoms with Crippen LogP contribution in [0, 0.1) is 12.7 Å². The van der Waals surface area contributed by atoms with Crippen LogP contribution in [0.15, 0.2) is 59.4 Å². The zero-order valence-corrected chi connectivity index (χ0v) is 17.2. The Bertz CT molecular complexity index is 1240. The highest BCUT2D eigenvalue weighted by molar-refractivity contribution is 5.94. The molecule has 0 saturated heterocycles. The molecule has 0 aliphatic carbocycles. The SMILES string of the molecule is Cc1cc(=O)c(C(=O)NCCNC(=O)c2ccc(C(F)(F)F)cc2)nn1-c1ccccc1F. The molecule has 172 valence electrons. The van der Waals surface area contributed by atoms with E-state index in [4.69, 9.17) is 0 Å². The molecule has 0 aliphatic rings. The van der Waals surface area contributed by atoms with Crippen molar-refractivity contribution < 1.29 is 27.2 Å². The molecular formula is C22H18F4N4O3. The van der Waals surface area contributed by atoms with Gasteiger partial charge in [-0.05, 0) is 43.3 Å². The predicted octanol–water partition coefficient (Wildman–Crippen LogP) is 2.86. The molecule has 3 rings (SSSR count). The quantitative estimate of drug-likeness (QED) is 0.435. The second-order valence-electron chi connectivity index (χ2n) is 6.95. The van der Waals surface area contributed by atoms with Gasteiger partial charge in [0.15, 0.2) is 5.69 Å². The molecule has 7 nitrogen and oxygen atoms in total. The van der Waals surface area contributed by atoms with Gasteiger partial charge < -0.3 is 10.6 Å². The second kappa shape index (κ2) is 9.63. The van der Waals surface area contributed by atoms with Gasteiger partial charge in [-0.1, -0.05) is 12.1 Å². The lowest BCUT2D eigenvalue weighted by atomic mass is 10.1. The molecular weight excluding hydrogens is 444 g/mol. The Hall–Kier alpha value is -4.02. The Morgan fingerprint density at radius 3 is 2.18 bits per heavy atom. The van der Waals surface area contributed by atoms with Gasteiger partial charge in [-0.25, -0.2) is 9.07 Å². The Balaban J connectivity index is 1.61. The van der Waals surface area contributed by atoms with E-state index in [1.165, 1.54) is 18.2 Å². The largest absolute Gasteiger partial charge is 0.416 e. The van der Waals surface area contributed by atoms with Crippen LogP contribution in [0.3, 0.4) is 0 Å². The zero-order chi connectivity index (χ0) is 24.2. The summed E-state index contributed by atoms with van der Waals surface area (Å²) in [6.07, 6.45) is -4.51. The molecule has 2 N–H and O–H groups in total. The van der Waals surface area contributed by atoms with Gasteiger partial charge in [0.2, 0.25) is 5.43 Å². The first kappa shape index (κ1) is 23.6. The molecule has 3 aromatic rings. The maximum Gasteiger partial charge on any atom is 0.416 e. The molecule has 33 heavy (non-hydrogen) atoms. The number of hydrogen-bond acceptors (Lipinski definition) is 4. The summed E-state index contributed by atoms with van der Waals surface area (Å²) in [7, 11) is 0. The summed E-state index contributed by atoms with van der Waals surface area (Å²) in [5.74, 6) is -2.05. The van der Waals surface area contributed by atoms with E-state index in [9.17, 15) is 31.9 Å². The van der Waals surface area contributed by atoms with Gasteiger partial charge in [-0.15, -0.1) is 0 Å². The molecule has 0 saturated carbocycles. The van der Waals surface area contributed by atoms with E-state index < -0.39 is 40.5 Å². The van der Waals surface area contributed by atoms with Crippen molar-refractivity contribution in [3.05, 3.63) is 93.2 Å². The third-order valence-corrected chi connectivity index (χ3v) is 4.57. The summed E-state index contributed by atoms with van der Waals surface area (Å²) in [4.78, 5) is 36.6. The summed E-state index contributed by atoms with van der Waals surface area (Å²) in [5, 5.41) is 8.83. The number of para-hydroxylation sites is 1. The molecule has 11 heteroatoms. The highest BCUT2D eigenvalue weighted by Gasteiger charge is 2.30. The van der Waals surface area contributed by atoms with Crippen molar-refractivity contribution in [2.75, 3.05) is 13.1 Å². The number of nitrogens with zero attached hydrogens (tertiary/aromatic N) is 2. The van der Waals surface area contributed by atoms with Crippen molar-refractivity contribution in [3.8, 4) is 5.69 Å². The zero-order valence-electron chi connectivity index (χ0n) is 17.2. The fraction of sp³-hybridized carbons (Fsp3) is 0.182. The maximum absolute atomic E-state index is 14.1. The maximum atomic E-state index is 14.1. The molecule has 0 fully saturated rings. The van der Waals surface area contributed by atoms with Crippen LogP contribution in [0.25, 0.3) is 5.69 Å². The molecule has 2 amide bonds. The number of carbonyl (C=O) groups is 2. The van der Waals surface area contributed by atoms with Crippen molar-refractivity contribution in [2.45, 2.75) is 13.1 Å². The first-order valence-corrected chi connectivity index (χ1v) is 9.67. The molecule has 0 atom stereocenters. The minimum Gasteiger partial charge on any atom is -0.350 e. The van der Waals surface area contributed by atoms with E-state index in [1.807, 2.05) is 0 Å². The summed E-state index contributed by atoms with van der Waals surface area (Å²) < 4.78 is 53.0. The molecule has 0 bridgehead atoms. The Kier molecular flexibility index (Phi) is 6.90. The van der Waals surface area contributed by atoms with Crippen LogP contribution < -0.4 is 16.1 Å². The first-order valence-electron chi connectivity index (χ1n) is 9.67. The molecule has 0 spiro atoms. The van der Waals surface area contributed by atoms with Crippen molar-refractivity contribution in [3.63, 3.8) is 0 Å². The van der Waals surface area contributed by atoms with E-state index in [1.54, 1.807) is 13.0 Å². The van der Waals surface area contributed by atoms with Crippen LogP contribution in [0.1, 0.15) is 32.1 Å². The Morgan fingerprint density at radius 1 is 0.970 bits per heavy atom. The summed E-state index contributed by atoms with van der Waals surface area (Å²) in [6.45, 7) is 1.40. The third-order valence-electron chi connectivity index (χ3n) is 4.57. The van der Waals surface area contributed by atoms with Gasteiger partial charge in [0.05, 0.1) is 5.56 Å². The van der Waals surface area contributed by atoms with Gasteiger partial charge in [-0.2, -0.15) is 18.3 Å². The van der Waals surface area contributed by atoms with Gasteiger partial charge in [0.1, 0.15) is 11.5 Å². The summed E-state index contributed by atoms with van der Waals surface area (Å²) in [5.41, 5.74) is -1.59. The van der Waals surface area contributed by atoms with Gasteiger partial charge in [-0.3, -0.25) is 14.4 Å². The monoisotopic (exact) mass is 462 g/mol. The fourth-order valence-electron chi connectivity index (χ4n) is 2.92. The number of nitrogens with one attached hydrogen (secondary N) is 2. The number of amides is 2. The third kappa shape index (κ3) is 5.62.